The van der Waals surface area contributed by atoms with Crippen molar-refractivity contribution in [1.29, 1.82) is 0 Å². The Bertz CT molecular complexity index is 1080. The van der Waals surface area contributed by atoms with Crippen LogP contribution in [0.4, 0.5) is 0 Å². The van der Waals surface area contributed by atoms with Crippen molar-refractivity contribution >= 4 is 33.9 Å². The third-order valence-corrected chi connectivity index (χ3v) is 5.84. The maximum absolute atomic E-state index is 12.7. The van der Waals surface area contributed by atoms with Gasteiger partial charge in [0, 0.05) is 25.7 Å². The smallest absolute Gasteiger partial charge is 0.283 e. The van der Waals surface area contributed by atoms with Gasteiger partial charge in [-0.1, -0.05) is 29.8 Å². The molecule has 0 saturated carbocycles. The van der Waals surface area contributed by atoms with Crippen molar-refractivity contribution < 1.29 is 17.9 Å². The summed E-state index contributed by atoms with van der Waals surface area (Å²) in [6, 6.07) is 9.97. The van der Waals surface area contributed by atoms with Gasteiger partial charge in [-0.15, -0.1) is 11.0 Å². The zero-order valence-corrected chi connectivity index (χ0v) is 19.3. The molecule has 1 amide bonds. The molecule has 2 aromatic carbocycles. The van der Waals surface area contributed by atoms with Gasteiger partial charge in [0.2, 0.25) is 0 Å². The number of rotatable bonds is 10. The van der Waals surface area contributed by atoms with E-state index >= 15 is 0 Å². The maximum Gasteiger partial charge on any atom is 0.283 e. The summed E-state index contributed by atoms with van der Waals surface area (Å²) < 4.78 is 34.3. The molecule has 2 aromatic rings. The molecule has 0 spiro atoms. The van der Waals surface area contributed by atoms with Crippen LogP contribution in [0, 0.1) is 0 Å². The minimum atomic E-state index is -3.87. The molecule has 0 aliphatic carbocycles. The number of ether oxygens (including phenoxy) is 1. The number of nitrogens with one attached hydrogen (secondary N) is 1. The van der Waals surface area contributed by atoms with E-state index in [4.69, 9.17) is 16.3 Å². The summed E-state index contributed by atoms with van der Waals surface area (Å²) >= 11 is 5.98. The Morgan fingerprint density at radius 3 is 2.65 bits per heavy atom. The van der Waals surface area contributed by atoms with Gasteiger partial charge >= 0.3 is 0 Å². The molecule has 0 aliphatic rings. The molecule has 0 saturated heterocycles. The minimum Gasteiger partial charge on any atom is -0.496 e. The van der Waals surface area contributed by atoms with Crippen LogP contribution < -0.4 is 10.1 Å². The van der Waals surface area contributed by atoms with Crippen molar-refractivity contribution in [3.05, 3.63) is 70.8 Å². The normalized spacial score (nSPS) is 11.4. The van der Waals surface area contributed by atoms with Gasteiger partial charge in [0.15, 0.2) is 0 Å². The van der Waals surface area contributed by atoms with E-state index in [2.05, 4.69) is 16.3 Å². The number of hydrogen-bond donors (Lipinski definition) is 1. The van der Waals surface area contributed by atoms with Crippen molar-refractivity contribution in [2.75, 3.05) is 27.7 Å². The lowest BCUT2D eigenvalue weighted by atomic mass is 10.1. The standard InChI is InChI=1S/C22H26ClN3O4S/c1-5-6-17-8-7-16(13-21(17)31(28,29)25-15-26(2)3)11-12-24-22(27)19-14-18(23)9-10-20(19)30-4/h5,7-10,13-15H,1,6,11-12H2,2-4H3,(H,24,27)/b25-15-. The van der Waals surface area contributed by atoms with E-state index in [9.17, 15) is 13.2 Å². The second-order valence-electron chi connectivity index (χ2n) is 6.94. The predicted molar refractivity (Wildman–Crippen MR) is 124 cm³/mol. The molecule has 2 rings (SSSR count). The highest BCUT2D eigenvalue weighted by Gasteiger charge is 2.18. The molecule has 0 atom stereocenters. The van der Waals surface area contributed by atoms with Gasteiger partial charge in [-0.05, 0) is 48.2 Å². The summed E-state index contributed by atoms with van der Waals surface area (Å²) in [6.45, 7) is 3.99. The molecule has 31 heavy (non-hydrogen) atoms. The molecule has 7 nitrogen and oxygen atoms in total. The van der Waals surface area contributed by atoms with E-state index in [-0.39, 0.29) is 10.8 Å². The van der Waals surface area contributed by atoms with Crippen LogP contribution >= 0.6 is 11.6 Å². The fraction of sp³-hybridized carbons (Fsp3) is 0.273. The number of methoxy groups -OCH3 is 1. The van der Waals surface area contributed by atoms with Gasteiger partial charge < -0.3 is 15.0 Å². The third kappa shape index (κ3) is 6.83. The number of allylic oxidation sites excluding steroid dienone is 1. The molecular formula is C22H26ClN3O4S. The van der Waals surface area contributed by atoms with Crippen molar-refractivity contribution in [2.45, 2.75) is 17.7 Å². The van der Waals surface area contributed by atoms with E-state index in [1.807, 2.05) is 6.07 Å². The number of amides is 1. The van der Waals surface area contributed by atoms with Crippen LogP contribution in [-0.4, -0.2) is 53.3 Å². The first kappa shape index (κ1) is 24.4. The first-order valence-electron chi connectivity index (χ1n) is 9.49. The Morgan fingerprint density at radius 2 is 2.00 bits per heavy atom. The van der Waals surface area contributed by atoms with Gasteiger partial charge in [0.25, 0.3) is 15.9 Å². The average molecular weight is 464 g/mol. The topological polar surface area (TPSA) is 88.1 Å². The summed E-state index contributed by atoms with van der Waals surface area (Å²) in [4.78, 5) is 14.2. The number of sulfonamides is 1. The zero-order valence-electron chi connectivity index (χ0n) is 17.8. The largest absolute Gasteiger partial charge is 0.496 e. The molecule has 0 fully saturated rings. The van der Waals surface area contributed by atoms with Crippen LogP contribution in [-0.2, 0) is 22.9 Å². The highest BCUT2D eigenvalue weighted by molar-refractivity contribution is 7.90. The van der Waals surface area contributed by atoms with Crippen LogP contribution in [0.3, 0.4) is 0 Å². The number of halogens is 1. The van der Waals surface area contributed by atoms with E-state index in [0.717, 1.165) is 5.56 Å². The van der Waals surface area contributed by atoms with Crippen LogP contribution in [0.15, 0.2) is 58.3 Å². The Balaban J connectivity index is 2.18. The highest BCUT2D eigenvalue weighted by atomic mass is 35.5. The lowest BCUT2D eigenvalue weighted by Crippen LogP contribution is -2.26. The molecule has 0 radical (unpaired) electrons. The molecule has 0 heterocycles. The number of nitrogens with zero attached hydrogens (tertiary/aromatic N) is 2. The van der Waals surface area contributed by atoms with E-state index in [0.29, 0.717) is 41.3 Å². The number of hydrogen-bond acceptors (Lipinski definition) is 4. The molecule has 0 bridgehead atoms. The second kappa shape index (κ2) is 11.0. The quantitative estimate of drug-likeness (QED) is 0.331. The maximum atomic E-state index is 12.7. The minimum absolute atomic E-state index is 0.130. The SMILES string of the molecule is C=CCc1ccc(CCNC(=O)c2cc(Cl)ccc2OC)cc1S(=O)(=O)/N=C\N(C)C. The fourth-order valence-corrected chi connectivity index (χ4v) is 4.19. The fourth-order valence-electron chi connectivity index (χ4n) is 2.81. The van der Waals surface area contributed by atoms with Crippen molar-refractivity contribution in [2.24, 2.45) is 4.40 Å². The molecule has 0 aromatic heterocycles. The molecule has 1 N–H and O–H groups in total. The number of benzene rings is 2. The van der Waals surface area contributed by atoms with E-state index in [1.54, 1.807) is 49.3 Å². The summed E-state index contributed by atoms with van der Waals surface area (Å²) in [6.07, 6.45) is 3.72. The summed E-state index contributed by atoms with van der Waals surface area (Å²) in [5.74, 6) is 0.0915. The van der Waals surface area contributed by atoms with Gasteiger partial charge in [-0.25, -0.2) is 0 Å². The third-order valence-electron chi connectivity index (χ3n) is 4.30. The molecule has 166 valence electrons. The molecule has 0 unspecified atom stereocenters. The summed E-state index contributed by atoms with van der Waals surface area (Å²) in [5.41, 5.74) is 1.70. The van der Waals surface area contributed by atoms with Gasteiger partial charge in [0.05, 0.1) is 17.6 Å². The average Bonchev–Trinajstić information content (AvgIpc) is 2.73. The van der Waals surface area contributed by atoms with Gasteiger partial charge in [-0.3, -0.25) is 4.79 Å². The zero-order chi connectivity index (χ0) is 23.0. The Kier molecular flexibility index (Phi) is 8.65. The summed E-state index contributed by atoms with van der Waals surface area (Å²) in [7, 11) is 0.995. The highest BCUT2D eigenvalue weighted by Crippen LogP contribution is 2.23. The van der Waals surface area contributed by atoms with Crippen LogP contribution in [0.25, 0.3) is 0 Å². The number of carbonyl (C=O) groups is 1. The Labute approximate surface area is 188 Å². The Hall–Kier alpha value is -2.84. The monoisotopic (exact) mass is 463 g/mol. The lowest BCUT2D eigenvalue weighted by Gasteiger charge is -2.12. The van der Waals surface area contributed by atoms with Gasteiger partial charge in [-0.2, -0.15) is 8.42 Å². The van der Waals surface area contributed by atoms with E-state index < -0.39 is 10.0 Å². The first-order valence-corrected chi connectivity index (χ1v) is 11.3. The molecular weight excluding hydrogens is 438 g/mol. The van der Waals surface area contributed by atoms with E-state index in [1.165, 1.54) is 19.5 Å². The molecule has 9 heteroatoms. The van der Waals surface area contributed by atoms with Crippen molar-refractivity contribution in [1.82, 2.24) is 10.2 Å². The second-order valence-corrected chi connectivity index (χ2v) is 8.98. The summed E-state index contributed by atoms with van der Waals surface area (Å²) in [5, 5.41) is 3.24. The molecule has 0 aliphatic heterocycles. The van der Waals surface area contributed by atoms with Gasteiger partial charge in [0.1, 0.15) is 12.1 Å². The van der Waals surface area contributed by atoms with Crippen molar-refractivity contribution in [3.63, 3.8) is 0 Å². The van der Waals surface area contributed by atoms with Crippen LogP contribution in [0.5, 0.6) is 5.75 Å². The van der Waals surface area contributed by atoms with Crippen molar-refractivity contribution in [3.8, 4) is 5.75 Å². The lowest BCUT2D eigenvalue weighted by molar-refractivity contribution is 0.0951. The predicted octanol–water partition coefficient (Wildman–Crippen LogP) is 3.33. The van der Waals surface area contributed by atoms with Crippen LogP contribution in [0.2, 0.25) is 5.02 Å². The van der Waals surface area contributed by atoms with Crippen LogP contribution in [0.1, 0.15) is 21.5 Å². The number of carbonyl (C=O) groups excluding carboxylic acids is 1. The Morgan fingerprint density at radius 1 is 1.26 bits per heavy atom. The first-order chi connectivity index (χ1) is 14.7.